The number of ether oxygens (including phenoxy) is 1. The summed E-state index contributed by atoms with van der Waals surface area (Å²) >= 11 is 1.16. The van der Waals surface area contributed by atoms with Gasteiger partial charge in [0.05, 0.1) is 12.8 Å². The molecule has 0 radical (unpaired) electrons. The number of rotatable bonds is 6. The number of carbonyl (C=O) groups is 1. The van der Waals surface area contributed by atoms with Gasteiger partial charge in [-0.2, -0.15) is 5.26 Å². The summed E-state index contributed by atoms with van der Waals surface area (Å²) in [6.45, 7) is 5.82. The predicted molar refractivity (Wildman–Crippen MR) is 85.6 cm³/mol. The second kappa shape index (κ2) is 6.78. The molecule has 6 nitrogen and oxygen atoms in total. The monoisotopic (exact) mass is 310 g/mol. The number of nitrogens with zero attached hydrogens (tertiary/aromatic N) is 2. The summed E-state index contributed by atoms with van der Waals surface area (Å²) in [5.74, 6) is -0.519. The first-order valence-corrected chi connectivity index (χ1v) is 7.32. The van der Waals surface area contributed by atoms with Crippen LogP contribution in [0.2, 0.25) is 0 Å². The van der Waals surface area contributed by atoms with Crippen LogP contribution >= 0.6 is 11.3 Å². The first kappa shape index (κ1) is 17.3. The van der Waals surface area contributed by atoms with E-state index in [2.05, 4.69) is 28.8 Å². The first-order chi connectivity index (χ1) is 9.71. The minimum Gasteiger partial charge on any atom is -0.465 e. The first-order valence-electron chi connectivity index (χ1n) is 6.51. The topological polar surface area (TPSA) is 91.4 Å². The summed E-state index contributed by atoms with van der Waals surface area (Å²) in [4.78, 5) is 14.0. The molecule has 116 valence electrons. The van der Waals surface area contributed by atoms with Gasteiger partial charge in [0.15, 0.2) is 0 Å². The summed E-state index contributed by atoms with van der Waals surface area (Å²) in [6, 6.07) is 2.04. The highest BCUT2D eigenvalue weighted by atomic mass is 32.1. The van der Waals surface area contributed by atoms with Crippen molar-refractivity contribution in [2.24, 2.45) is 5.41 Å². The number of esters is 1. The number of carbonyl (C=O) groups excluding carboxylic acids is 1. The fourth-order valence-electron chi connectivity index (χ4n) is 2.16. The third kappa shape index (κ3) is 4.34. The van der Waals surface area contributed by atoms with Gasteiger partial charge < -0.3 is 20.7 Å². The quantitative estimate of drug-likeness (QED) is 0.781. The largest absolute Gasteiger partial charge is 0.465 e. The molecule has 7 heteroatoms. The Labute approximate surface area is 129 Å². The van der Waals surface area contributed by atoms with Crippen molar-refractivity contribution in [2.45, 2.75) is 13.8 Å². The number of nitrogens with two attached hydrogens (primary N) is 1. The Morgan fingerprint density at radius 3 is 2.62 bits per heavy atom. The lowest BCUT2D eigenvalue weighted by atomic mass is 9.93. The van der Waals surface area contributed by atoms with E-state index in [9.17, 15) is 10.1 Å². The van der Waals surface area contributed by atoms with Crippen molar-refractivity contribution in [3.63, 3.8) is 0 Å². The van der Waals surface area contributed by atoms with Gasteiger partial charge in [0.1, 0.15) is 21.5 Å². The molecule has 0 aromatic carbocycles. The van der Waals surface area contributed by atoms with Crippen molar-refractivity contribution < 1.29 is 9.53 Å². The Kier molecular flexibility index (Phi) is 5.58. The van der Waals surface area contributed by atoms with Crippen molar-refractivity contribution in [1.82, 2.24) is 4.90 Å². The predicted octanol–water partition coefficient (Wildman–Crippen LogP) is 1.99. The maximum atomic E-state index is 11.6. The summed E-state index contributed by atoms with van der Waals surface area (Å²) in [5.41, 5.74) is 6.35. The van der Waals surface area contributed by atoms with E-state index < -0.39 is 5.97 Å². The van der Waals surface area contributed by atoms with E-state index in [1.54, 1.807) is 0 Å². The van der Waals surface area contributed by atoms with Crippen LogP contribution in [0.15, 0.2) is 0 Å². The van der Waals surface area contributed by atoms with Crippen molar-refractivity contribution >= 4 is 28.0 Å². The molecule has 0 atom stereocenters. The van der Waals surface area contributed by atoms with E-state index in [0.29, 0.717) is 17.1 Å². The Morgan fingerprint density at radius 2 is 2.14 bits per heavy atom. The van der Waals surface area contributed by atoms with Crippen molar-refractivity contribution in [1.29, 1.82) is 5.26 Å². The zero-order valence-corrected chi connectivity index (χ0v) is 13.9. The molecule has 0 saturated heterocycles. The van der Waals surface area contributed by atoms with Crippen LogP contribution in [0.5, 0.6) is 0 Å². The number of nitriles is 1. The average Bonchev–Trinajstić information content (AvgIpc) is 2.70. The Bertz CT molecular complexity index is 558. The van der Waals surface area contributed by atoms with E-state index in [1.165, 1.54) is 7.11 Å². The van der Waals surface area contributed by atoms with Gasteiger partial charge in [-0.1, -0.05) is 13.8 Å². The molecule has 1 aromatic rings. The molecular formula is C14H22N4O2S. The number of nitrogens with one attached hydrogen (secondary N) is 1. The molecule has 0 aliphatic heterocycles. The number of hydrogen-bond donors (Lipinski definition) is 2. The highest BCUT2D eigenvalue weighted by molar-refractivity contribution is 7.18. The summed E-state index contributed by atoms with van der Waals surface area (Å²) in [5, 5.41) is 13.1. The smallest absolute Gasteiger partial charge is 0.350 e. The van der Waals surface area contributed by atoms with Crippen LogP contribution in [0.1, 0.15) is 29.1 Å². The normalized spacial score (nSPS) is 11.3. The third-order valence-electron chi connectivity index (χ3n) is 2.90. The zero-order valence-electron chi connectivity index (χ0n) is 13.1. The Morgan fingerprint density at radius 1 is 1.52 bits per heavy atom. The van der Waals surface area contributed by atoms with Gasteiger partial charge in [-0.05, 0) is 19.5 Å². The third-order valence-corrected chi connectivity index (χ3v) is 4.04. The maximum absolute atomic E-state index is 11.6. The second-order valence-corrected chi connectivity index (χ2v) is 6.93. The summed E-state index contributed by atoms with van der Waals surface area (Å²) in [6.07, 6.45) is 0. The number of methoxy groups -OCH3 is 1. The fraction of sp³-hybridized carbons (Fsp3) is 0.571. The molecule has 1 aromatic heterocycles. The molecule has 0 spiro atoms. The van der Waals surface area contributed by atoms with Crippen LogP contribution < -0.4 is 11.1 Å². The van der Waals surface area contributed by atoms with Gasteiger partial charge in [-0.15, -0.1) is 11.3 Å². The number of hydrogen-bond acceptors (Lipinski definition) is 7. The van der Waals surface area contributed by atoms with Crippen LogP contribution in [0, 0.1) is 16.7 Å². The maximum Gasteiger partial charge on any atom is 0.350 e. The molecule has 1 rings (SSSR count). The van der Waals surface area contributed by atoms with E-state index >= 15 is 0 Å². The van der Waals surface area contributed by atoms with E-state index in [4.69, 9.17) is 5.73 Å². The highest BCUT2D eigenvalue weighted by Crippen LogP contribution is 2.36. The van der Waals surface area contributed by atoms with Gasteiger partial charge in [0, 0.05) is 13.1 Å². The molecule has 0 aliphatic carbocycles. The van der Waals surface area contributed by atoms with Gasteiger partial charge in [0.25, 0.3) is 0 Å². The molecule has 0 saturated carbocycles. The summed E-state index contributed by atoms with van der Waals surface area (Å²) in [7, 11) is 5.32. The molecule has 3 N–H and O–H groups in total. The Balaban J connectivity index is 2.94. The molecule has 0 bridgehead atoms. The lowest BCUT2D eigenvalue weighted by Gasteiger charge is -2.28. The van der Waals surface area contributed by atoms with E-state index in [-0.39, 0.29) is 16.0 Å². The zero-order chi connectivity index (χ0) is 16.2. The number of thiophene rings is 1. The van der Waals surface area contributed by atoms with Crippen LogP contribution in [0.3, 0.4) is 0 Å². The van der Waals surface area contributed by atoms with Crippen molar-refractivity contribution in [2.75, 3.05) is 45.3 Å². The molecule has 1 heterocycles. The minimum absolute atomic E-state index is 0.0143. The van der Waals surface area contributed by atoms with Crippen LogP contribution in [0.25, 0.3) is 0 Å². The lowest BCUT2D eigenvalue weighted by molar-refractivity contribution is 0.0607. The van der Waals surface area contributed by atoms with Gasteiger partial charge in [-0.3, -0.25) is 0 Å². The molecule has 0 amide bonds. The highest BCUT2D eigenvalue weighted by Gasteiger charge is 2.24. The van der Waals surface area contributed by atoms with Gasteiger partial charge in [-0.25, -0.2) is 4.79 Å². The lowest BCUT2D eigenvalue weighted by Crippen LogP contribution is -2.34. The fourth-order valence-corrected chi connectivity index (χ4v) is 3.14. The van der Waals surface area contributed by atoms with E-state index in [0.717, 1.165) is 17.9 Å². The SMILES string of the molecule is COC(=O)c1sc(NCC(C)(C)CN(C)C)c(C#N)c1N. The molecule has 21 heavy (non-hydrogen) atoms. The molecule has 0 aliphatic rings. The average molecular weight is 310 g/mol. The standard InChI is InChI=1S/C14H22N4O2S/c1-14(2,8-18(3)4)7-17-12-9(6-15)10(16)11(21-12)13(19)20-5/h17H,7-8,16H2,1-5H3. The van der Waals surface area contributed by atoms with Crippen molar-refractivity contribution in [3.8, 4) is 6.07 Å². The van der Waals surface area contributed by atoms with E-state index in [1.807, 2.05) is 20.2 Å². The summed E-state index contributed by atoms with van der Waals surface area (Å²) < 4.78 is 4.68. The van der Waals surface area contributed by atoms with Gasteiger partial charge in [0.2, 0.25) is 0 Å². The molecule has 0 unspecified atom stereocenters. The number of nitrogen functional groups attached to an aromatic ring is 1. The number of anilines is 2. The van der Waals surface area contributed by atoms with Crippen LogP contribution in [0.4, 0.5) is 10.7 Å². The van der Waals surface area contributed by atoms with Crippen LogP contribution in [-0.4, -0.2) is 45.2 Å². The second-order valence-electron chi connectivity index (χ2n) is 5.91. The van der Waals surface area contributed by atoms with Crippen LogP contribution in [-0.2, 0) is 4.74 Å². The van der Waals surface area contributed by atoms with Crippen molar-refractivity contribution in [3.05, 3.63) is 10.4 Å². The minimum atomic E-state index is -0.519. The molecule has 0 fully saturated rings. The molecular weight excluding hydrogens is 288 g/mol. The van der Waals surface area contributed by atoms with Gasteiger partial charge >= 0.3 is 5.97 Å². The Hall–Kier alpha value is -1.78.